The molecular weight excluding hydrogens is 430 g/mol. The Kier molecular flexibility index (Phi) is 5.17. The fourth-order valence-electron chi connectivity index (χ4n) is 3.32. The summed E-state index contributed by atoms with van der Waals surface area (Å²) < 4.78 is 36.2. The van der Waals surface area contributed by atoms with Crippen LogP contribution in [0.2, 0.25) is 0 Å². The number of ether oxygens (including phenoxy) is 1. The van der Waals surface area contributed by atoms with Crippen molar-refractivity contribution in [2.75, 3.05) is 10.5 Å². The Morgan fingerprint density at radius 3 is 2.48 bits per heavy atom. The lowest BCUT2D eigenvalue weighted by Crippen LogP contribution is -2.12. The van der Waals surface area contributed by atoms with Gasteiger partial charge >= 0.3 is 0 Å². The van der Waals surface area contributed by atoms with E-state index in [0.29, 0.717) is 17.2 Å². The summed E-state index contributed by atoms with van der Waals surface area (Å²) >= 11 is 1.73. The number of para-hydroxylation sites is 1. The predicted octanol–water partition coefficient (Wildman–Crippen LogP) is 5.25. The molecule has 8 heteroatoms. The number of imidazole rings is 1. The van der Waals surface area contributed by atoms with E-state index in [-0.39, 0.29) is 4.90 Å². The van der Waals surface area contributed by atoms with Crippen LogP contribution in [-0.2, 0) is 16.6 Å². The first kappa shape index (κ1) is 19.7. The van der Waals surface area contributed by atoms with Crippen LogP contribution in [0.3, 0.4) is 0 Å². The van der Waals surface area contributed by atoms with Crippen molar-refractivity contribution in [2.24, 2.45) is 0 Å². The molecule has 0 unspecified atom stereocenters. The highest BCUT2D eigenvalue weighted by Crippen LogP contribution is 2.30. The fraction of sp³-hybridized carbons (Fsp3) is 0.0870. The smallest absolute Gasteiger partial charge is 0.261 e. The monoisotopic (exact) mass is 449 g/mol. The number of rotatable bonds is 6. The Hall–Kier alpha value is -3.23. The third kappa shape index (κ3) is 4.30. The molecule has 1 aliphatic heterocycles. The standard InChI is InChI=1S/C23H19N3O3S2/c27-31(28,21-11-9-20(10-12-21)29-19-7-2-1-3-8-19)25-18-6-4-5-17(15-18)22-16-26-13-14-30-23(26)24-22/h1-12,15-16,25H,13-14H2. The summed E-state index contributed by atoms with van der Waals surface area (Å²) in [7, 11) is -3.73. The number of nitrogens with zero attached hydrogens (tertiary/aromatic N) is 2. The maximum Gasteiger partial charge on any atom is 0.261 e. The van der Waals surface area contributed by atoms with Crippen LogP contribution in [0.15, 0.2) is 95.1 Å². The van der Waals surface area contributed by atoms with E-state index in [1.165, 1.54) is 12.1 Å². The topological polar surface area (TPSA) is 73.2 Å². The van der Waals surface area contributed by atoms with Crippen molar-refractivity contribution in [2.45, 2.75) is 16.6 Å². The van der Waals surface area contributed by atoms with Gasteiger partial charge in [-0.2, -0.15) is 0 Å². The first-order chi connectivity index (χ1) is 15.1. The van der Waals surface area contributed by atoms with Crippen LogP contribution in [0.4, 0.5) is 5.69 Å². The number of benzene rings is 3. The molecule has 156 valence electrons. The van der Waals surface area contributed by atoms with Crippen LogP contribution in [0.25, 0.3) is 11.3 Å². The molecule has 6 nitrogen and oxygen atoms in total. The van der Waals surface area contributed by atoms with E-state index in [2.05, 4.69) is 14.3 Å². The van der Waals surface area contributed by atoms with Gasteiger partial charge < -0.3 is 9.30 Å². The average molecular weight is 450 g/mol. The molecule has 0 amide bonds. The Labute approximate surface area is 185 Å². The van der Waals surface area contributed by atoms with Crippen LogP contribution in [0, 0.1) is 0 Å². The van der Waals surface area contributed by atoms with Crippen molar-refractivity contribution in [3.63, 3.8) is 0 Å². The van der Waals surface area contributed by atoms with Crippen molar-refractivity contribution >= 4 is 27.5 Å². The van der Waals surface area contributed by atoms with Crippen molar-refractivity contribution in [3.8, 4) is 22.8 Å². The van der Waals surface area contributed by atoms with Gasteiger partial charge in [-0.25, -0.2) is 13.4 Å². The molecule has 1 aliphatic rings. The van der Waals surface area contributed by atoms with E-state index in [1.54, 1.807) is 36.0 Å². The average Bonchev–Trinajstić information content (AvgIpc) is 3.37. The maximum absolute atomic E-state index is 12.9. The first-order valence-corrected chi connectivity index (χ1v) is 12.2. The molecule has 0 saturated carbocycles. The highest BCUT2D eigenvalue weighted by Gasteiger charge is 2.17. The zero-order valence-corrected chi connectivity index (χ0v) is 18.1. The third-order valence-electron chi connectivity index (χ3n) is 4.83. The van der Waals surface area contributed by atoms with E-state index in [1.807, 2.05) is 48.7 Å². The molecule has 0 saturated heterocycles. The lowest BCUT2D eigenvalue weighted by Gasteiger charge is -2.10. The number of hydrogen-bond donors (Lipinski definition) is 1. The molecule has 0 atom stereocenters. The lowest BCUT2D eigenvalue weighted by molar-refractivity contribution is 0.482. The van der Waals surface area contributed by atoms with Gasteiger partial charge in [0, 0.05) is 29.7 Å². The first-order valence-electron chi connectivity index (χ1n) is 9.73. The second-order valence-corrected chi connectivity index (χ2v) is 9.77. The van der Waals surface area contributed by atoms with E-state index in [9.17, 15) is 8.42 Å². The van der Waals surface area contributed by atoms with Crippen molar-refractivity contribution in [1.82, 2.24) is 9.55 Å². The van der Waals surface area contributed by atoms with Gasteiger partial charge in [0.15, 0.2) is 5.16 Å². The van der Waals surface area contributed by atoms with Gasteiger partial charge in [-0.05, 0) is 48.5 Å². The number of nitrogens with one attached hydrogen (secondary N) is 1. The molecule has 0 fully saturated rings. The molecule has 4 aromatic rings. The normalized spacial score (nSPS) is 13.0. The summed E-state index contributed by atoms with van der Waals surface area (Å²) in [5.41, 5.74) is 2.20. The summed E-state index contributed by atoms with van der Waals surface area (Å²) in [6, 6.07) is 23.0. The van der Waals surface area contributed by atoms with Gasteiger partial charge in [-0.3, -0.25) is 4.72 Å². The molecule has 31 heavy (non-hydrogen) atoms. The Morgan fingerprint density at radius 2 is 1.71 bits per heavy atom. The third-order valence-corrected chi connectivity index (χ3v) is 7.19. The predicted molar refractivity (Wildman–Crippen MR) is 122 cm³/mol. The number of aromatic nitrogens is 2. The van der Waals surface area contributed by atoms with Crippen LogP contribution < -0.4 is 9.46 Å². The number of hydrogen-bond acceptors (Lipinski definition) is 5. The van der Waals surface area contributed by atoms with E-state index in [4.69, 9.17) is 4.74 Å². The summed E-state index contributed by atoms with van der Waals surface area (Å²) in [5, 5.41) is 0.999. The second kappa shape index (κ2) is 8.13. The number of anilines is 1. The van der Waals surface area contributed by atoms with Gasteiger partial charge in [0.05, 0.1) is 10.6 Å². The maximum atomic E-state index is 12.9. The Bertz CT molecular complexity index is 1300. The van der Waals surface area contributed by atoms with Gasteiger partial charge in [-0.15, -0.1) is 0 Å². The highest BCUT2D eigenvalue weighted by atomic mass is 32.2. The molecular formula is C23H19N3O3S2. The molecule has 0 radical (unpaired) electrons. The summed E-state index contributed by atoms with van der Waals surface area (Å²) in [6.07, 6.45) is 2.01. The van der Waals surface area contributed by atoms with Crippen LogP contribution in [0.5, 0.6) is 11.5 Å². The second-order valence-electron chi connectivity index (χ2n) is 7.02. The molecule has 0 spiro atoms. The summed E-state index contributed by atoms with van der Waals surface area (Å²) in [6.45, 7) is 0.948. The quantitative estimate of drug-likeness (QED) is 0.435. The zero-order chi connectivity index (χ0) is 21.3. The van der Waals surface area contributed by atoms with Gasteiger partial charge in [0.25, 0.3) is 10.0 Å². The van der Waals surface area contributed by atoms with Crippen LogP contribution in [0.1, 0.15) is 0 Å². The van der Waals surface area contributed by atoms with E-state index in [0.717, 1.165) is 28.7 Å². The van der Waals surface area contributed by atoms with Crippen LogP contribution in [-0.4, -0.2) is 23.7 Å². The van der Waals surface area contributed by atoms with Crippen molar-refractivity contribution in [1.29, 1.82) is 0 Å². The number of sulfonamides is 1. The minimum absolute atomic E-state index is 0.163. The van der Waals surface area contributed by atoms with E-state index >= 15 is 0 Å². The molecule has 1 N–H and O–H groups in total. The molecule has 1 aromatic heterocycles. The molecule has 5 rings (SSSR count). The molecule has 3 aromatic carbocycles. The zero-order valence-electron chi connectivity index (χ0n) is 16.4. The number of thioether (sulfide) groups is 1. The van der Waals surface area contributed by atoms with E-state index < -0.39 is 10.0 Å². The van der Waals surface area contributed by atoms with Gasteiger partial charge in [0.1, 0.15) is 11.5 Å². The Morgan fingerprint density at radius 1 is 0.935 bits per heavy atom. The summed E-state index contributed by atoms with van der Waals surface area (Å²) in [4.78, 5) is 4.80. The van der Waals surface area contributed by atoms with Crippen molar-refractivity contribution < 1.29 is 13.2 Å². The lowest BCUT2D eigenvalue weighted by atomic mass is 10.1. The number of aryl methyl sites for hydroxylation is 1. The largest absolute Gasteiger partial charge is 0.457 e. The minimum Gasteiger partial charge on any atom is -0.457 e. The van der Waals surface area contributed by atoms with Gasteiger partial charge in [-0.1, -0.05) is 42.1 Å². The molecule has 0 aliphatic carbocycles. The minimum atomic E-state index is -3.73. The molecule has 0 bridgehead atoms. The van der Waals surface area contributed by atoms with Crippen molar-refractivity contribution in [3.05, 3.63) is 85.1 Å². The van der Waals surface area contributed by atoms with Crippen LogP contribution >= 0.6 is 11.8 Å². The number of fused-ring (bicyclic) bond motifs is 1. The highest BCUT2D eigenvalue weighted by molar-refractivity contribution is 7.99. The van der Waals surface area contributed by atoms with Gasteiger partial charge in [0.2, 0.25) is 0 Å². The molecule has 2 heterocycles. The fourth-order valence-corrected chi connectivity index (χ4v) is 5.31. The Balaban J connectivity index is 1.33. The SMILES string of the molecule is O=S(=O)(Nc1cccc(-c2cn3c(n2)SCC3)c1)c1ccc(Oc2ccccc2)cc1. The summed E-state index contributed by atoms with van der Waals surface area (Å²) in [5.74, 6) is 2.30.